The lowest BCUT2D eigenvalue weighted by Crippen LogP contribution is -2.43. The number of carbonyl (C=O) groups is 1. The second-order valence-electron chi connectivity index (χ2n) is 7.28. The Morgan fingerprint density at radius 1 is 1.18 bits per heavy atom. The van der Waals surface area contributed by atoms with Crippen molar-refractivity contribution < 1.29 is 9.53 Å². The Bertz CT molecular complexity index is 1140. The van der Waals surface area contributed by atoms with Crippen molar-refractivity contribution in [3.63, 3.8) is 0 Å². The molecule has 2 aromatic heterocycles. The topological polar surface area (TPSA) is 73.5 Å². The van der Waals surface area contributed by atoms with Crippen LogP contribution >= 0.6 is 11.3 Å². The van der Waals surface area contributed by atoms with E-state index in [1.165, 1.54) is 15.9 Å². The summed E-state index contributed by atoms with van der Waals surface area (Å²) in [5.41, 5.74) is -0.740. The van der Waals surface area contributed by atoms with Gasteiger partial charge in [-0.05, 0) is 33.5 Å². The number of carbonyl (C=O) groups excluding carboxylic acids is 1. The van der Waals surface area contributed by atoms with E-state index in [1.54, 1.807) is 45.3 Å². The summed E-state index contributed by atoms with van der Waals surface area (Å²) in [4.78, 5) is 40.8. The highest BCUT2D eigenvalue weighted by atomic mass is 32.1. The highest BCUT2D eigenvalue weighted by molar-refractivity contribution is 7.17. The van der Waals surface area contributed by atoms with Crippen molar-refractivity contribution in [3.8, 4) is 0 Å². The molecule has 0 fully saturated rings. The molecule has 0 amide bonds. The third-order valence-electron chi connectivity index (χ3n) is 4.88. The maximum absolute atomic E-state index is 13.1. The number of ether oxygens (including phenoxy) is 1. The van der Waals surface area contributed by atoms with Gasteiger partial charge < -0.3 is 4.74 Å². The Kier molecular flexibility index (Phi) is 5.27. The summed E-state index contributed by atoms with van der Waals surface area (Å²) >= 11 is 1.18. The molecule has 0 unspecified atom stereocenters. The van der Waals surface area contributed by atoms with Gasteiger partial charge in [0.25, 0.3) is 5.56 Å². The first-order valence-electron chi connectivity index (χ1n) is 8.79. The number of aryl methyl sites for hydroxylation is 1. The van der Waals surface area contributed by atoms with Gasteiger partial charge in [-0.1, -0.05) is 30.3 Å². The molecule has 8 heteroatoms. The first-order valence-corrected chi connectivity index (χ1v) is 9.67. The lowest BCUT2D eigenvalue weighted by atomic mass is 10.2. The van der Waals surface area contributed by atoms with Crippen LogP contribution in [0, 0.1) is 0 Å². The van der Waals surface area contributed by atoms with Crippen LogP contribution in [0.1, 0.15) is 29.8 Å². The fraction of sp³-hybridized carbons (Fsp3) is 0.350. The van der Waals surface area contributed by atoms with E-state index in [0.717, 1.165) is 10.1 Å². The fourth-order valence-electron chi connectivity index (χ4n) is 2.72. The zero-order valence-electron chi connectivity index (χ0n) is 16.6. The Hall–Kier alpha value is -2.71. The standard InChI is InChI=1S/C20H23N3O4S/c1-20(2,21(3)4)27-18(25)14-12-28-17-15(14)16(24)23(19(26)22(17)5)11-13-9-7-6-8-10-13/h6-10,12H,11H2,1-5H3. The predicted octanol–water partition coefficient (Wildman–Crippen LogP) is 2.26. The minimum Gasteiger partial charge on any atom is -0.441 e. The first kappa shape index (κ1) is 20.0. The third kappa shape index (κ3) is 3.53. The van der Waals surface area contributed by atoms with Gasteiger partial charge >= 0.3 is 11.7 Å². The molecule has 0 saturated carbocycles. The Morgan fingerprint density at radius 3 is 2.43 bits per heavy atom. The van der Waals surface area contributed by atoms with Crippen LogP contribution in [0.4, 0.5) is 0 Å². The number of nitrogens with zero attached hydrogens (tertiary/aromatic N) is 3. The molecule has 0 spiro atoms. The summed E-state index contributed by atoms with van der Waals surface area (Å²) in [7, 11) is 5.20. The first-order chi connectivity index (χ1) is 13.1. The van der Waals surface area contributed by atoms with Crippen LogP contribution in [0.5, 0.6) is 0 Å². The van der Waals surface area contributed by atoms with Crippen molar-refractivity contribution in [2.24, 2.45) is 7.05 Å². The summed E-state index contributed by atoms with van der Waals surface area (Å²) < 4.78 is 8.15. The van der Waals surface area contributed by atoms with E-state index in [9.17, 15) is 14.4 Å². The smallest absolute Gasteiger partial charge is 0.341 e. The third-order valence-corrected chi connectivity index (χ3v) is 5.93. The molecule has 0 aliphatic rings. The fourth-order valence-corrected chi connectivity index (χ4v) is 3.71. The van der Waals surface area contributed by atoms with Crippen LogP contribution in [-0.2, 0) is 18.3 Å². The maximum atomic E-state index is 13.1. The molecule has 0 aliphatic carbocycles. The van der Waals surface area contributed by atoms with Crippen molar-refractivity contribution >= 4 is 27.5 Å². The number of hydrogen-bond acceptors (Lipinski definition) is 6. The predicted molar refractivity (Wildman–Crippen MR) is 110 cm³/mol. The number of benzene rings is 1. The average Bonchev–Trinajstić information content (AvgIpc) is 3.09. The van der Waals surface area contributed by atoms with Gasteiger partial charge in [0.15, 0.2) is 5.72 Å². The van der Waals surface area contributed by atoms with E-state index < -0.39 is 22.9 Å². The summed E-state index contributed by atoms with van der Waals surface area (Å²) in [6.07, 6.45) is 0. The maximum Gasteiger partial charge on any atom is 0.341 e. The lowest BCUT2D eigenvalue weighted by Gasteiger charge is -2.31. The molecule has 0 radical (unpaired) electrons. The molecule has 3 aromatic rings. The minimum atomic E-state index is -0.838. The van der Waals surface area contributed by atoms with Crippen molar-refractivity contribution in [2.45, 2.75) is 26.1 Å². The molecular formula is C20H23N3O4S. The van der Waals surface area contributed by atoms with Crippen molar-refractivity contribution in [3.05, 3.63) is 67.7 Å². The SMILES string of the molecule is CN(C)C(C)(C)OC(=O)c1csc2c1c(=O)n(Cc1ccccc1)c(=O)n2C. The van der Waals surface area contributed by atoms with Gasteiger partial charge in [0.1, 0.15) is 4.83 Å². The van der Waals surface area contributed by atoms with Crippen LogP contribution in [0.25, 0.3) is 10.2 Å². The highest BCUT2D eigenvalue weighted by Gasteiger charge is 2.29. The van der Waals surface area contributed by atoms with E-state index in [-0.39, 0.29) is 17.5 Å². The number of esters is 1. The Labute approximate surface area is 166 Å². The molecule has 3 rings (SSSR count). The van der Waals surface area contributed by atoms with Crippen LogP contribution in [0.15, 0.2) is 45.3 Å². The molecule has 0 atom stereocenters. The van der Waals surface area contributed by atoms with E-state index in [4.69, 9.17) is 4.74 Å². The van der Waals surface area contributed by atoms with Crippen LogP contribution in [0.2, 0.25) is 0 Å². The quantitative estimate of drug-likeness (QED) is 0.484. The van der Waals surface area contributed by atoms with Gasteiger partial charge in [-0.2, -0.15) is 0 Å². The van der Waals surface area contributed by atoms with Crippen molar-refractivity contribution in [1.82, 2.24) is 14.0 Å². The Morgan fingerprint density at radius 2 is 1.82 bits per heavy atom. The van der Waals surface area contributed by atoms with Gasteiger partial charge in [0.2, 0.25) is 0 Å². The average molecular weight is 401 g/mol. The summed E-state index contributed by atoms with van der Waals surface area (Å²) in [5.74, 6) is -0.591. The van der Waals surface area contributed by atoms with E-state index in [2.05, 4.69) is 0 Å². The summed E-state index contributed by atoms with van der Waals surface area (Å²) in [6, 6.07) is 9.25. The number of thiophene rings is 1. The zero-order valence-corrected chi connectivity index (χ0v) is 17.4. The summed E-state index contributed by atoms with van der Waals surface area (Å²) in [5, 5.41) is 1.79. The molecule has 0 saturated heterocycles. The number of fused-ring (bicyclic) bond motifs is 1. The van der Waals surface area contributed by atoms with Crippen molar-refractivity contribution in [2.75, 3.05) is 14.1 Å². The van der Waals surface area contributed by atoms with E-state index in [1.807, 2.05) is 30.3 Å². The van der Waals surface area contributed by atoms with Crippen LogP contribution < -0.4 is 11.2 Å². The summed E-state index contributed by atoms with van der Waals surface area (Å²) in [6.45, 7) is 3.67. The molecule has 28 heavy (non-hydrogen) atoms. The van der Waals surface area contributed by atoms with Gasteiger partial charge in [0, 0.05) is 12.4 Å². The monoisotopic (exact) mass is 401 g/mol. The van der Waals surface area contributed by atoms with Gasteiger partial charge in [-0.3, -0.25) is 18.8 Å². The van der Waals surface area contributed by atoms with Gasteiger partial charge in [-0.25, -0.2) is 9.59 Å². The molecule has 2 heterocycles. The normalized spacial score (nSPS) is 11.9. The molecular weight excluding hydrogens is 378 g/mol. The van der Waals surface area contributed by atoms with Gasteiger partial charge in [0.05, 0.1) is 17.5 Å². The number of hydrogen-bond donors (Lipinski definition) is 0. The van der Waals surface area contributed by atoms with Crippen LogP contribution in [0.3, 0.4) is 0 Å². The number of aromatic nitrogens is 2. The van der Waals surface area contributed by atoms with E-state index in [0.29, 0.717) is 4.83 Å². The minimum absolute atomic E-state index is 0.135. The largest absolute Gasteiger partial charge is 0.441 e. The van der Waals surface area contributed by atoms with Gasteiger partial charge in [-0.15, -0.1) is 11.3 Å². The molecule has 0 N–H and O–H groups in total. The van der Waals surface area contributed by atoms with Crippen LogP contribution in [-0.4, -0.2) is 39.8 Å². The second-order valence-corrected chi connectivity index (χ2v) is 8.14. The van der Waals surface area contributed by atoms with Crippen molar-refractivity contribution in [1.29, 1.82) is 0 Å². The number of rotatable bonds is 5. The molecule has 7 nitrogen and oxygen atoms in total. The molecule has 0 aliphatic heterocycles. The highest BCUT2D eigenvalue weighted by Crippen LogP contribution is 2.24. The molecule has 148 valence electrons. The second kappa shape index (κ2) is 7.37. The van der Waals surface area contributed by atoms with E-state index >= 15 is 0 Å². The molecule has 0 bridgehead atoms. The lowest BCUT2D eigenvalue weighted by molar-refractivity contribution is -0.0724. The Balaban J connectivity index is 2.14. The molecule has 1 aromatic carbocycles. The zero-order chi connectivity index (χ0) is 20.6.